The molecular formula is C13H17Cl2F2N3. The second kappa shape index (κ2) is 7.20. The Morgan fingerprint density at radius 2 is 1.95 bits per heavy atom. The highest BCUT2D eigenvalue weighted by Crippen LogP contribution is 2.30. The van der Waals surface area contributed by atoms with Crippen molar-refractivity contribution in [3.63, 3.8) is 0 Å². The van der Waals surface area contributed by atoms with Gasteiger partial charge in [-0.1, -0.05) is 18.6 Å². The van der Waals surface area contributed by atoms with Crippen molar-refractivity contribution in [2.24, 2.45) is 0 Å². The van der Waals surface area contributed by atoms with Gasteiger partial charge in [0, 0.05) is 0 Å². The minimum absolute atomic E-state index is 0. The molecule has 0 saturated carbocycles. The molecule has 0 bridgehead atoms. The van der Waals surface area contributed by atoms with E-state index in [9.17, 15) is 8.78 Å². The minimum Gasteiger partial charge on any atom is -0.307 e. The number of hydrogen-bond acceptors (Lipinski definition) is 2. The number of nitrogens with zero attached hydrogens (tertiary/aromatic N) is 2. The van der Waals surface area contributed by atoms with E-state index in [2.05, 4.69) is 10.3 Å². The van der Waals surface area contributed by atoms with Crippen LogP contribution in [0.2, 0.25) is 0 Å². The van der Waals surface area contributed by atoms with Gasteiger partial charge in [0.25, 0.3) is 0 Å². The first-order chi connectivity index (χ1) is 8.77. The van der Waals surface area contributed by atoms with Crippen LogP contribution in [0, 0.1) is 0 Å². The van der Waals surface area contributed by atoms with Crippen LogP contribution >= 0.6 is 24.8 Å². The number of imidazole rings is 1. The number of nitrogens with one attached hydrogen (secondary N) is 1. The molecular weight excluding hydrogens is 307 g/mol. The van der Waals surface area contributed by atoms with Gasteiger partial charge < -0.3 is 5.32 Å². The van der Waals surface area contributed by atoms with Crippen LogP contribution in [0.3, 0.4) is 0 Å². The standard InChI is InChI=1S/C13H15F2N3.2ClH/c14-13(15)18-11-7-2-1-5-9(11)17-12(18)10-6-3-4-8-16-10;;/h1-2,5,7,10,13,16H,3-4,6,8H2;2*1H. The molecule has 7 heteroatoms. The average molecular weight is 324 g/mol. The third kappa shape index (κ3) is 3.05. The number of halogens is 4. The fourth-order valence-corrected chi connectivity index (χ4v) is 2.59. The number of piperidine rings is 1. The summed E-state index contributed by atoms with van der Waals surface area (Å²) in [4.78, 5) is 4.38. The van der Waals surface area contributed by atoms with E-state index in [1.165, 1.54) is 0 Å². The third-order valence-corrected chi connectivity index (χ3v) is 3.44. The Bertz CT molecular complexity index is 554. The van der Waals surface area contributed by atoms with Crippen LogP contribution in [0.4, 0.5) is 8.78 Å². The molecule has 1 aliphatic heterocycles. The van der Waals surface area contributed by atoms with Gasteiger partial charge in [-0.15, -0.1) is 24.8 Å². The van der Waals surface area contributed by atoms with Gasteiger partial charge >= 0.3 is 6.55 Å². The zero-order valence-corrected chi connectivity index (χ0v) is 12.4. The molecule has 2 heterocycles. The van der Waals surface area contributed by atoms with Crippen LogP contribution in [0.15, 0.2) is 24.3 Å². The SMILES string of the molecule is Cl.Cl.FC(F)n1c(C2CCCCN2)nc2ccccc21. The van der Waals surface area contributed by atoms with E-state index in [1.807, 2.05) is 6.07 Å². The van der Waals surface area contributed by atoms with Crippen molar-refractivity contribution in [2.75, 3.05) is 6.54 Å². The molecule has 3 nitrogen and oxygen atoms in total. The summed E-state index contributed by atoms with van der Waals surface area (Å²) in [6.45, 7) is -1.67. The lowest BCUT2D eigenvalue weighted by Crippen LogP contribution is -2.29. The van der Waals surface area contributed by atoms with E-state index in [-0.39, 0.29) is 30.9 Å². The zero-order chi connectivity index (χ0) is 12.5. The summed E-state index contributed by atoms with van der Waals surface area (Å²) < 4.78 is 27.5. The van der Waals surface area contributed by atoms with Crippen molar-refractivity contribution in [3.8, 4) is 0 Å². The summed E-state index contributed by atoms with van der Waals surface area (Å²) in [6, 6.07) is 7.01. The number of rotatable bonds is 2. The Hall–Kier alpha value is -0.910. The van der Waals surface area contributed by atoms with Gasteiger partial charge in [-0.3, -0.25) is 4.57 Å². The Morgan fingerprint density at radius 3 is 2.60 bits per heavy atom. The molecule has 1 fully saturated rings. The number of alkyl halides is 2. The Morgan fingerprint density at radius 1 is 1.20 bits per heavy atom. The molecule has 0 radical (unpaired) electrons. The van der Waals surface area contributed by atoms with Gasteiger partial charge in [-0.25, -0.2) is 4.98 Å². The molecule has 0 spiro atoms. The van der Waals surface area contributed by atoms with Gasteiger partial charge in [0.05, 0.1) is 17.1 Å². The maximum Gasteiger partial charge on any atom is 0.320 e. The lowest BCUT2D eigenvalue weighted by atomic mass is 10.0. The molecule has 112 valence electrons. The molecule has 1 aromatic heterocycles. The van der Waals surface area contributed by atoms with E-state index in [4.69, 9.17) is 0 Å². The molecule has 1 atom stereocenters. The average Bonchev–Trinajstić information content (AvgIpc) is 2.79. The zero-order valence-electron chi connectivity index (χ0n) is 10.8. The summed E-state index contributed by atoms with van der Waals surface area (Å²) in [5, 5.41) is 3.27. The molecule has 1 aliphatic rings. The van der Waals surface area contributed by atoms with Gasteiger partial charge in [0.2, 0.25) is 0 Å². The normalized spacial score (nSPS) is 18.6. The summed E-state index contributed by atoms with van der Waals surface area (Å²) in [5.41, 5.74) is 1.15. The van der Waals surface area contributed by atoms with Crippen LogP contribution in [0.25, 0.3) is 11.0 Å². The van der Waals surface area contributed by atoms with Crippen molar-refractivity contribution in [3.05, 3.63) is 30.1 Å². The lowest BCUT2D eigenvalue weighted by Gasteiger charge is -2.23. The maximum absolute atomic E-state index is 13.2. The molecule has 2 aromatic rings. The Balaban J connectivity index is 0.000001000. The number of para-hydroxylation sites is 2. The number of aromatic nitrogens is 2. The van der Waals surface area contributed by atoms with Crippen molar-refractivity contribution in [2.45, 2.75) is 31.9 Å². The van der Waals surface area contributed by atoms with Crippen LogP contribution in [0.1, 0.15) is 37.7 Å². The van der Waals surface area contributed by atoms with Crippen molar-refractivity contribution in [1.29, 1.82) is 0 Å². The lowest BCUT2D eigenvalue weighted by molar-refractivity contribution is 0.0688. The fourth-order valence-electron chi connectivity index (χ4n) is 2.59. The second-order valence-electron chi connectivity index (χ2n) is 4.61. The van der Waals surface area contributed by atoms with E-state index in [0.29, 0.717) is 16.9 Å². The van der Waals surface area contributed by atoms with Gasteiger partial charge in [-0.05, 0) is 31.5 Å². The molecule has 0 amide bonds. The van der Waals surface area contributed by atoms with E-state index in [1.54, 1.807) is 18.2 Å². The van der Waals surface area contributed by atoms with Crippen LogP contribution in [-0.4, -0.2) is 16.1 Å². The van der Waals surface area contributed by atoms with E-state index < -0.39 is 6.55 Å². The molecule has 1 saturated heterocycles. The first kappa shape index (κ1) is 17.1. The third-order valence-electron chi connectivity index (χ3n) is 3.44. The highest BCUT2D eigenvalue weighted by Gasteiger charge is 2.25. The molecule has 1 unspecified atom stereocenters. The summed E-state index contributed by atoms with van der Waals surface area (Å²) >= 11 is 0. The van der Waals surface area contributed by atoms with Crippen LogP contribution < -0.4 is 5.32 Å². The second-order valence-corrected chi connectivity index (χ2v) is 4.61. The van der Waals surface area contributed by atoms with Crippen molar-refractivity contribution in [1.82, 2.24) is 14.9 Å². The summed E-state index contributed by atoms with van der Waals surface area (Å²) in [5.74, 6) is 0.464. The number of hydrogen-bond donors (Lipinski definition) is 1. The molecule has 20 heavy (non-hydrogen) atoms. The van der Waals surface area contributed by atoms with Crippen molar-refractivity contribution < 1.29 is 8.78 Å². The highest BCUT2D eigenvalue weighted by molar-refractivity contribution is 5.85. The largest absolute Gasteiger partial charge is 0.320 e. The molecule has 1 N–H and O–H groups in total. The fraction of sp³-hybridized carbons (Fsp3) is 0.462. The minimum atomic E-state index is -2.55. The molecule has 3 rings (SSSR count). The quantitative estimate of drug-likeness (QED) is 0.902. The first-order valence-electron chi connectivity index (χ1n) is 6.26. The number of fused-ring (bicyclic) bond motifs is 1. The van der Waals surface area contributed by atoms with Crippen LogP contribution in [0.5, 0.6) is 0 Å². The van der Waals surface area contributed by atoms with E-state index >= 15 is 0 Å². The first-order valence-corrected chi connectivity index (χ1v) is 6.26. The van der Waals surface area contributed by atoms with Gasteiger partial charge in [-0.2, -0.15) is 8.78 Å². The highest BCUT2D eigenvalue weighted by atomic mass is 35.5. The summed E-state index contributed by atoms with van der Waals surface area (Å²) in [7, 11) is 0. The monoisotopic (exact) mass is 323 g/mol. The molecule has 0 aliphatic carbocycles. The summed E-state index contributed by atoms with van der Waals surface area (Å²) in [6.07, 6.45) is 3.03. The van der Waals surface area contributed by atoms with Crippen LogP contribution in [-0.2, 0) is 0 Å². The maximum atomic E-state index is 13.2. The van der Waals surface area contributed by atoms with Gasteiger partial charge in [0.15, 0.2) is 0 Å². The Kier molecular flexibility index (Phi) is 6.17. The number of benzene rings is 1. The predicted octanol–water partition coefficient (Wildman–Crippen LogP) is 4.09. The van der Waals surface area contributed by atoms with E-state index in [0.717, 1.165) is 30.4 Å². The smallest absolute Gasteiger partial charge is 0.307 e. The van der Waals surface area contributed by atoms with Crippen molar-refractivity contribution >= 4 is 35.8 Å². The predicted molar refractivity (Wildman–Crippen MR) is 80.1 cm³/mol. The van der Waals surface area contributed by atoms with Gasteiger partial charge in [0.1, 0.15) is 5.82 Å². The molecule has 1 aromatic carbocycles. The topological polar surface area (TPSA) is 29.9 Å². The Labute approximate surface area is 128 Å².